The van der Waals surface area contributed by atoms with Gasteiger partial charge in [-0.3, -0.25) is 19.2 Å². The van der Waals surface area contributed by atoms with Crippen LogP contribution in [0.5, 0.6) is 23.0 Å². The van der Waals surface area contributed by atoms with E-state index in [4.69, 9.17) is 18.9 Å². The van der Waals surface area contributed by atoms with Crippen molar-refractivity contribution >= 4 is 35.0 Å². The molecular formula is C32H24N2O8. The zero-order valence-corrected chi connectivity index (χ0v) is 22.7. The van der Waals surface area contributed by atoms with Gasteiger partial charge in [-0.05, 0) is 84.9 Å². The summed E-state index contributed by atoms with van der Waals surface area (Å²) in [5.41, 5.74) is 1.97. The zero-order valence-electron chi connectivity index (χ0n) is 22.7. The summed E-state index contributed by atoms with van der Waals surface area (Å²) in [6.07, 6.45) is 0. The summed E-state index contributed by atoms with van der Waals surface area (Å²) in [4.78, 5) is 54.1. The molecule has 0 aliphatic carbocycles. The molecule has 210 valence electrons. The first-order valence-electron chi connectivity index (χ1n) is 13.0. The SMILES string of the molecule is COc1ccc(N2C(=O)c3ccc(OCCOc4ccc5c(c4)C(=O)N(c4ccc(OC)cc4)C5=O)cc3C2=O)cc1. The van der Waals surface area contributed by atoms with Gasteiger partial charge in [0, 0.05) is 0 Å². The van der Waals surface area contributed by atoms with Gasteiger partial charge in [-0.15, -0.1) is 0 Å². The molecule has 2 heterocycles. The fraction of sp³-hybridized carbons (Fsp3) is 0.125. The molecule has 4 aromatic carbocycles. The number of fused-ring (bicyclic) bond motifs is 2. The van der Waals surface area contributed by atoms with E-state index in [1.807, 2.05) is 0 Å². The smallest absolute Gasteiger partial charge is 0.266 e. The van der Waals surface area contributed by atoms with Gasteiger partial charge in [0.1, 0.15) is 36.2 Å². The Kier molecular flexibility index (Phi) is 6.79. The molecule has 0 saturated carbocycles. The van der Waals surface area contributed by atoms with Crippen LogP contribution in [0.25, 0.3) is 0 Å². The number of anilines is 2. The van der Waals surface area contributed by atoms with E-state index >= 15 is 0 Å². The van der Waals surface area contributed by atoms with Gasteiger partial charge in [0.25, 0.3) is 23.6 Å². The van der Waals surface area contributed by atoms with Crippen molar-refractivity contribution in [2.75, 3.05) is 37.2 Å². The van der Waals surface area contributed by atoms with Crippen molar-refractivity contribution in [1.82, 2.24) is 0 Å². The lowest BCUT2D eigenvalue weighted by Gasteiger charge is -2.14. The summed E-state index contributed by atoms with van der Waals surface area (Å²) < 4.78 is 21.8. The number of ether oxygens (including phenoxy) is 4. The lowest BCUT2D eigenvalue weighted by Crippen LogP contribution is -2.29. The molecule has 0 radical (unpaired) electrons. The molecule has 2 aliphatic heterocycles. The highest BCUT2D eigenvalue weighted by Gasteiger charge is 2.38. The molecule has 2 aliphatic rings. The number of benzene rings is 4. The third kappa shape index (κ3) is 4.58. The molecule has 10 nitrogen and oxygen atoms in total. The topological polar surface area (TPSA) is 112 Å². The molecule has 6 rings (SSSR count). The molecule has 42 heavy (non-hydrogen) atoms. The Morgan fingerprint density at radius 3 is 1.14 bits per heavy atom. The van der Waals surface area contributed by atoms with Crippen LogP contribution in [0.4, 0.5) is 11.4 Å². The van der Waals surface area contributed by atoms with Crippen molar-refractivity contribution in [1.29, 1.82) is 0 Å². The van der Waals surface area contributed by atoms with Gasteiger partial charge in [-0.2, -0.15) is 0 Å². The lowest BCUT2D eigenvalue weighted by molar-refractivity contribution is 0.0910. The van der Waals surface area contributed by atoms with Crippen LogP contribution in [0, 0.1) is 0 Å². The van der Waals surface area contributed by atoms with Crippen molar-refractivity contribution < 1.29 is 38.1 Å². The second-order valence-electron chi connectivity index (χ2n) is 9.40. The van der Waals surface area contributed by atoms with Gasteiger partial charge in [-0.1, -0.05) is 0 Å². The largest absolute Gasteiger partial charge is 0.497 e. The number of methoxy groups -OCH3 is 2. The summed E-state index contributed by atoms with van der Waals surface area (Å²) in [7, 11) is 3.08. The first kappa shape index (κ1) is 26.6. The highest BCUT2D eigenvalue weighted by molar-refractivity contribution is 6.35. The molecule has 4 amide bonds. The number of nitrogens with zero attached hydrogens (tertiary/aromatic N) is 2. The standard InChI is InChI=1S/C32H24N2O8/c1-39-21-7-3-19(4-8-21)33-29(35)25-13-11-23(17-27(25)31(33)37)41-15-16-42-24-12-14-26-28(18-24)32(38)34(30(26)36)20-5-9-22(40-2)10-6-20/h3-14,17-18H,15-16H2,1-2H3. The van der Waals surface area contributed by atoms with E-state index in [-0.39, 0.29) is 24.3 Å². The normalized spacial score (nSPS) is 13.8. The van der Waals surface area contributed by atoms with Gasteiger partial charge in [0.15, 0.2) is 0 Å². The third-order valence-corrected chi connectivity index (χ3v) is 7.00. The Labute approximate surface area is 240 Å². The second-order valence-corrected chi connectivity index (χ2v) is 9.40. The van der Waals surface area contributed by atoms with Crippen molar-refractivity contribution in [3.8, 4) is 23.0 Å². The minimum Gasteiger partial charge on any atom is -0.497 e. The highest BCUT2D eigenvalue weighted by atomic mass is 16.5. The average Bonchev–Trinajstić information content (AvgIpc) is 3.42. The van der Waals surface area contributed by atoms with E-state index in [1.165, 1.54) is 26.4 Å². The minimum absolute atomic E-state index is 0.130. The molecular weight excluding hydrogens is 540 g/mol. The van der Waals surface area contributed by atoms with Crippen LogP contribution in [0.3, 0.4) is 0 Å². The van der Waals surface area contributed by atoms with Crippen molar-refractivity contribution in [2.24, 2.45) is 0 Å². The van der Waals surface area contributed by atoms with Crippen LogP contribution in [-0.2, 0) is 0 Å². The molecule has 0 atom stereocenters. The monoisotopic (exact) mass is 564 g/mol. The van der Waals surface area contributed by atoms with Gasteiger partial charge >= 0.3 is 0 Å². The number of hydrogen-bond donors (Lipinski definition) is 0. The van der Waals surface area contributed by atoms with E-state index in [9.17, 15) is 19.2 Å². The van der Waals surface area contributed by atoms with E-state index in [0.717, 1.165) is 9.80 Å². The lowest BCUT2D eigenvalue weighted by atomic mass is 10.1. The zero-order chi connectivity index (χ0) is 29.4. The fourth-order valence-electron chi connectivity index (χ4n) is 4.87. The quantitative estimate of drug-likeness (QED) is 0.211. The predicted octanol–water partition coefficient (Wildman–Crippen LogP) is 4.76. The van der Waals surface area contributed by atoms with Crippen LogP contribution in [0.2, 0.25) is 0 Å². The minimum atomic E-state index is -0.442. The number of rotatable bonds is 9. The Morgan fingerprint density at radius 2 is 0.786 bits per heavy atom. The van der Waals surface area contributed by atoms with E-state index in [1.54, 1.807) is 72.8 Å². The van der Waals surface area contributed by atoms with Crippen LogP contribution >= 0.6 is 0 Å². The summed E-state index contributed by atoms with van der Waals surface area (Å²) in [5.74, 6) is 0.328. The number of imide groups is 2. The Morgan fingerprint density at radius 1 is 0.452 bits per heavy atom. The van der Waals surface area contributed by atoms with Crippen molar-refractivity contribution in [3.63, 3.8) is 0 Å². The maximum absolute atomic E-state index is 13.0. The third-order valence-electron chi connectivity index (χ3n) is 7.00. The maximum Gasteiger partial charge on any atom is 0.266 e. The molecule has 0 spiro atoms. The first-order chi connectivity index (χ1) is 20.4. The average molecular weight is 565 g/mol. The van der Waals surface area contributed by atoms with Gasteiger partial charge in [0.2, 0.25) is 0 Å². The summed E-state index contributed by atoms with van der Waals surface area (Å²) in [6.45, 7) is 0.260. The molecule has 0 fully saturated rings. The van der Waals surface area contributed by atoms with E-state index < -0.39 is 23.6 Å². The highest BCUT2D eigenvalue weighted by Crippen LogP contribution is 2.33. The molecule has 0 saturated heterocycles. The van der Waals surface area contributed by atoms with Crippen LogP contribution in [-0.4, -0.2) is 51.1 Å². The van der Waals surface area contributed by atoms with Crippen molar-refractivity contribution in [2.45, 2.75) is 0 Å². The van der Waals surface area contributed by atoms with E-state index in [2.05, 4.69) is 0 Å². The van der Waals surface area contributed by atoms with Crippen LogP contribution < -0.4 is 28.7 Å². The molecule has 0 unspecified atom stereocenters. The van der Waals surface area contributed by atoms with Crippen LogP contribution in [0.15, 0.2) is 84.9 Å². The predicted molar refractivity (Wildman–Crippen MR) is 152 cm³/mol. The van der Waals surface area contributed by atoms with Gasteiger partial charge in [0.05, 0.1) is 47.8 Å². The Balaban J connectivity index is 1.08. The molecule has 0 bridgehead atoms. The number of carbonyl (C=O) groups excluding carboxylic acids is 4. The van der Waals surface area contributed by atoms with Gasteiger partial charge < -0.3 is 18.9 Å². The number of hydrogen-bond acceptors (Lipinski definition) is 8. The molecule has 10 heteroatoms. The molecule has 4 aromatic rings. The second kappa shape index (κ2) is 10.7. The summed E-state index contributed by atoms with van der Waals surface area (Å²) in [6, 6.07) is 22.7. The van der Waals surface area contributed by atoms with E-state index in [0.29, 0.717) is 45.5 Å². The fourth-order valence-corrected chi connectivity index (χ4v) is 4.87. The molecule has 0 aromatic heterocycles. The first-order valence-corrected chi connectivity index (χ1v) is 13.0. The Hall–Kier alpha value is -5.64. The summed E-state index contributed by atoms with van der Waals surface area (Å²) in [5, 5.41) is 0. The van der Waals surface area contributed by atoms with Gasteiger partial charge in [-0.25, -0.2) is 9.80 Å². The summed E-state index contributed by atoms with van der Waals surface area (Å²) >= 11 is 0. The Bertz CT molecular complexity index is 1600. The number of carbonyl (C=O) groups is 4. The van der Waals surface area contributed by atoms with Crippen molar-refractivity contribution in [3.05, 3.63) is 107 Å². The molecule has 0 N–H and O–H groups in total. The maximum atomic E-state index is 13.0. The van der Waals surface area contributed by atoms with Crippen LogP contribution in [0.1, 0.15) is 41.4 Å². The number of amides is 4.